The monoisotopic (exact) mass is 249 g/mol. The van der Waals surface area contributed by atoms with Gasteiger partial charge in [-0.05, 0) is 24.1 Å². The van der Waals surface area contributed by atoms with E-state index < -0.39 is 5.97 Å². The summed E-state index contributed by atoms with van der Waals surface area (Å²) in [4.78, 5) is 25.4. The first-order valence-corrected chi connectivity index (χ1v) is 5.63. The van der Waals surface area contributed by atoms with Gasteiger partial charge >= 0.3 is 5.97 Å². The third-order valence-electron chi connectivity index (χ3n) is 3.14. The largest absolute Gasteiger partial charge is 0.497 e. The van der Waals surface area contributed by atoms with Gasteiger partial charge in [-0.25, -0.2) is 4.79 Å². The fourth-order valence-corrected chi connectivity index (χ4v) is 2.10. The molecule has 0 saturated heterocycles. The normalized spacial score (nSPS) is 14.2. The maximum absolute atomic E-state index is 12.1. The van der Waals surface area contributed by atoms with Crippen LogP contribution in [0.2, 0.25) is 0 Å². The number of ether oxygens (including phenoxy) is 2. The van der Waals surface area contributed by atoms with E-state index in [1.807, 2.05) is 0 Å². The molecule has 0 unspecified atom stereocenters. The Kier molecular flexibility index (Phi) is 3.23. The van der Waals surface area contributed by atoms with Crippen LogP contribution in [0.5, 0.6) is 5.75 Å². The van der Waals surface area contributed by atoms with Gasteiger partial charge in [-0.2, -0.15) is 0 Å². The number of fused-ring (bicyclic) bond motifs is 1. The van der Waals surface area contributed by atoms with E-state index in [1.54, 1.807) is 24.1 Å². The molecule has 5 nitrogen and oxygen atoms in total. The number of carbonyl (C=O) groups excluding carboxylic acids is 2. The lowest BCUT2D eigenvalue weighted by atomic mass is 9.93. The van der Waals surface area contributed by atoms with E-state index in [0.717, 1.165) is 5.56 Å². The lowest BCUT2D eigenvalue weighted by molar-refractivity contribution is 0.0598. The number of likely N-dealkylation sites (N-methyl/N-ethyl adjacent to an activating group) is 1. The molecule has 1 aliphatic heterocycles. The van der Waals surface area contributed by atoms with Crippen molar-refractivity contribution in [2.24, 2.45) is 0 Å². The quantitative estimate of drug-likeness (QED) is 0.737. The van der Waals surface area contributed by atoms with Crippen molar-refractivity contribution in [2.75, 3.05) is 27.8 Å². The van der Waals surface area contributed by atoms with Crippen LogP contribution >= 0.6 is 0 Å². The van der Waals surface area contributed by atoms with Gasteiger partial charge in [0.2, 0.25) is 0 Å². The summed E-state index contributed by atoms with van der Waals surface area (Å²) < 4.78 is 9.87. The number of carbonyl (C=O) groups is 2. The van der Waals surface area contributed by atoms with Crippen molar-refractivity contribution in [1.82, 2.24) is 4.90 Å². The smallest absolute Gasteiger partial charge is 0.338 e. The number of nitrogens with zero attached hydrogens (tertiary/aromatic N) is 1. The molecule has 0 aromatic heterocycles. The molecule has 0 aliphatic carbocycles. The first kappa shape index (κ1) is 12.4. The average molecular weight is 249 g/mol. The number of benzene rings is 1. The third kappa shape index (κ3) is 1.92. The summed E-state index contributed by atoms with van der Waals surface area (Å²) in [6.07, 6.45) is 0.645. The van der Waals surface area contributed by atoms with E-state index >= 15 is 0 Å². The highest BCUT2D eigenvalue weighted by Crippen LogP contribution is 2.27. The zero-order valence-corrected chi connectivity index (χ0v) is 10.6. The molecule has 0 radical (unpaired) electrons. The molecule has 0 saturated carbocycles. The molecule has 0 fully saturated rings. The second kappa shape index (κ2) is 4.68. The Morgan fingerprint density at radius 3 is 2.67 bits per heavy atom. The summed E-state index contributed by atoms with van der Waals surface area (Å²) in [6.45, 7) is 0.599. The molecular formula is C13H15NO4. The number of rotatable bonds is 2. The fraction of sp³-hybridized carbons (Fsp3) is 0.385. The van der Waals surface area contributed by atoms with Crippen molar-refractivity contribution in [3.8, 4) is 5.75 Å². The van der Waals surface area contributed by atoms with E-state index in [1.165, 1.54) is 14.2 Å². The van der Waals surface area contributed by atoms with Crippen molar-refractivity contribution in [2.45, 2.75) is 6.42 Å². The Bertz CT molecular complexity index is 493. The topological polar surface area (TPSA) is 55.8 Å². The van der Waals surface area contributed by atoms with Gasteiger partial charge in [0.25, 0.3) is 5.91 Å². The van der Waals surface area contributed by atoms with Crippen molar-refractivity contribution >= 4 is 11.9 Å². The molecule has 0 bridgehead atoms. The van der Waals surface area contributed by atoms with Crippen LogP contribution < -0.4 is 4.74 Å². The summed E-state index contributed by atoms with van der Waals surface area (Å²) in [5, 5.41) is 0. The molecule has 0 spiro atoms. The summed E-state index contributed by atoms with van der Waals surface area (Å²) >= 11 is 0. The van der Waals surface area contributed by atoms with E-state index in [2.05, 4.69) is 0 Å². The van der Waals surface area contributed by atoms with Gasteiger partial charge in [-0.3, -0.25) is 4.79 Å². The first-order chi connectivity index (χ1) is 8.58. The predicted octanol–water partition coefficient (Wildman–Crippen LogP) is 1.11. The predicted molar refractivity (Wildman–Crippen MR) is 65.0 cm³/mol. The maximum atomic E-state index is 12.1. The summed E-state index contributed by atoms with van der Waals surface area (Å²) in [6, 6.07) is 3.28. The van der Waals surface area contributed by atoms with Crippen molar-refractivity contribution in [1.29, 1.82) is 0 Å². The van der Waals surface area contributed by atoms with Crippen LogP contribution in [0.25, 0.3) is 0 Å². The van der Waals surface area contributed by atoms with E-state index in [0.29, 0.717) is 29.8 Å². The number of esters is 1. The van der Waals surface area contributed by atoms with Gasteiger partial charge in [0.05, 0.1) is 19.8 Å². The minimum Gasteiger partial charge on any atom is -0.497 e. The van der Waals surface area contributed by atoms with Crippen LogP contribution in [-0.2, 0) is 11.2 Å². The zero-order chi connectivity index (χ0) is 13.3. The standard InChI is InChI=1S/C13H15NO4/c1-14-5-4-9-10(12(14)15)6-8(17-2)7-11(9)13(16)18-3/h6-7H,4-5H2,1-3H3. The van der Waals surface area contributed by atoms with Crippen LogP contribution in [0.3, 0.4) is 0 Å². The zero-order valence-electron chi connectivity index (χ0n) is 10.6. The summed E-state index contributed by atoms with van der Waals surface area (Å²) in [5.41, 5.74) is 1.67. The average Bonchev–Trinajstić information content (AvgIpc) is 2.41. The molecule has 1 aliphatic rings. The van der Waals surface area contributed by atoms with Crippen molar-refractivity contribution in [3.63, 3.8) is 0 Å². The molecule has 5 heteroatoms. The molecule has 2 rings (SSSR count). The lowest BCUT2D eigenvalue weighted by Gasteiger charge is -2.26. The number of methoxy groups -OCH3 is 2. The molecule has 0 atom stereocenters. The van der Waals surface area contributed by atoms with E-state index in [-0.39, 0.29) is 5.91 Å². The molecule has 1 heterocycles. The van der Waals surface area contributed by atoms with Gasteiger partial charge in [0, 0.05) is 19.2 Å². The van der Waals surface area contributed by atoms with Gasteiger partial charge < -0.3 is 14.4 Å². The highest BCUT2D eigenvalue weighted by molar-refractivity contribution is 6.02. The van der Waals surface area contributed by atoms with Crippen molar-refractivity contribution < 1.29 is 19.1 Å². The van der Waals surface area contributed by atoms with Crippen LogP contribution in [0.15, 0.2) is 12.1 Å². The molecule has 1 amide bonds. The molecule has 1 aromatic carbocycles. The third-order valence-corrected chi connectivity index (χ3v) is 3.14. The SMILES string of the molecule is COC(=O)c1cc(OC)cc2c1CCN(C)C2=O. The lowest BCUT2D eigenvalue weighted by Crippen LogP contribution is -2.35. The molecule has 1 aromatic rings. The Labute approximate surface area is 105 Å². The summed E-state index contributed by atoms with van der Waals surface area (Å²) in [7, 11) is 4.56. The highest BCUT2D eigenvalue weighted by Gasteiger charge is 2.27. The van der Waals surface area contributed by atoms with Crippen LogP contribution in [-0.4, -0.2) is 44.6 Å². The number of amides is 1. The maximum Gasteiger partial charge on any atom is 0.338 e. The fourth-order valence-electron chi connectivity index (χ4n) is 2.10. The van der Waals surface area contributed by atoms with Crippen molar-refractivity contribution in [3.05, 3.63) is 28.8 Å². The first-order valence-electron chi connectivity index (χ1n) is 5.63. The van der Waals surface area contributed by atoms with Crippen LogP contribution in [0.1, 0.15) is 26.3 Å². The second-order valence-electron chi connectivity index (χ2n) is 4.17. The van der Waals surface area contributed by atoms with Gasteiger partial charge in [-0.1, -0.05) is 0 Å². The van der Waals surface area contributed by atoms with Gasteiger partial charge in [0.15, 0.2) is 0 Å². The Morgan fingerprint density at radius 2 is 2.06 bits per heavy atom. The molecule has 0 N–H and O–H groups in total. The van der Waals surface area contributed by atoms with Gasteiger partial charge in [-0.15, -0.1) is 0 Å². The Balaban J connectivity index is 2.61. The number of hydrogen-bond donors (Lipinski definition) is 0. The Hall–Kier alpha value is -2.04. The highest BCUT2D eigenvalue weighted by atomic mass is 16.5. The Morgan fingerprint density at radius 1 is 1.33 bits per heavy atom. The minimum atomic E-state index is -0.442. The van der Waals surface area contributed by atoms with Crippen LogP contribution in [0.4, 0.5) is 0 Å². The van der Waals surface area contributed by atoms with Crippen LogP contribution in [0, 0.1) is 0 Å². The molecule has 18 heavy (non-hydrogen) atoms. The number of hydrogen-bond acceptors (Lipinski definition) is 4. The van der Waals surface area contributed by atoms with E-state index in [9.17, 15) is 9.59 Å². The van der Waals surface area contributed by atoms with Gasteiger partial charge in [0.1, 0.15) is 5.75 Å². The molecule has 96 valence electrons. The van der Waals surface area contributed by atoms with E-state index in [4.69, 9.17) is 9.47 Å². The molecular weight excluding hydrogens is 234 g/mol. The second-order valence-corrected chi connectivity index (χ2v) is 4.17. The minimum absolute atomic E-state index is 0.0969. The summed E-state index contributed by atoms with van der Waals surface area (Å²) in [5.74, 6) is -0.0550.